The molecule has 1 unspecified atom stereocenters. The smallest absolute Gasteiger partial charge is 0.146 e. The van der Waals surface area contributed by atoms with Crippen LogP contribution in [0.3, 0.4) is 0 Å². The van der Waals surface area contributed by atoms with E-state index in [1.54, 1.807) is 0 Å². The lowest BCUT2D eigenvalue weighted by Crippen LogP contribution is -2.17. The summed E-state index contributed by atoms with van der Waals surface area (Å²) in [6.45, 7) is 0.823. The van der Waals surface area contributed by atoms with Crippen molar-refractivity contribution in [2.45, 2.75) is 25.5 Å². The van der Waals surface area contributed by atoms with Gasteiger partial charge in [-0.05, 0) is 25.3 Å². The highest BCUT2D eigenvalue weighted by atomic mass is 35.5. The summed E-state index contributed by atoms with van der Waals surface area (Å²) in [7, 11) is 0. The first-order valence-corrected chi connectivity index (χ1v) is 5.83. The number of hydrogen-bond acceptors (Lipinski definition) is 3. The topological polar surface area (TPSA) is 39.9 Å². The Kier molecular flexibility index (Phi) is 2.53. The largest absolute Gasteiger partial charge is 0.358 e. The van der Waals surface area contributed by atoms with Crippen LogP contribution < -0.4 is 0 Å². The molecular weight excluding hydrogens is 226 g/mol. The quantitative estimate of drug-likeness (QED) is 0.716. The number of nitrogens with zero attached hydrogens (tertiary/aromatic N) is 3. The van der Waals surface area contributed by atoms with Gasteiger partial charge < -0.3 is 9.30 Å². The van der Waals surface area contributed by atoms with Crippen molar-refractivity contribution in [1.29, 1.82) is 0 Å². The molecule has 2 aromatic rings. The first-order chi connectivity index (χ1) is 7.86. The third-order valence-electron chi connectivity index (χ3n) is 2.93. The molecule has 1 atom stereocenters. The fourth-order valence-corrected chi connectivity index (χ4v) is 2.31. The Bertz CT molecular complexity index is 505. The van der Waals surface area contributed by atoms with Crippen LogP contribution in [-0.2, 0) is 4.74 Å². The molecule has 3 rings (SSSR count). The molecule has 1 aliphatic heterocycles. The molecule has 1 fully saturated rings. The second kappa shape index (κ2) is 4.03. The SMILES string of the molecule is Clc1ncnc2c1ccn2C1CCCCO1. The normalized spacial score (nSPS) is 21.4. The Labute approximate surface area is 98.2 Å². The predicted molar refractivity (Wildman–Crippen MR) is 61.4 cm³/mol. The minimum Gasteiger partial charge on any atom is -0.358 e. The molecule has 3 heterocycles. The van der Waals surface area contributed by atoms with Crippen LogP contribution in [0.25, 0.3) is 11.0 Å². The number of hydrogen-bond donors (Lipinski definition) is 0. The van der Waals surface area contributed by atoms with Crippen LogP contribution in [0, 0.1) is 0 Å². The number of aromatic nitrogens is 3. The molecule has 1 saturated heterocycles. The summed E-state index contributed by atoms with van der Waals surface area (Å²) in [6.07, 6.45) is 6.93. The average molecular weight is 238 g/mol. The molecule has 84 valence electrons. The van der Waals surface area contributed by atoms with Crippen molar-refractivity contribution in [2.24, 2.45) is 0 Å². The first kappa shape index (κ1) is 10.1. The minimum atomic E-state index is 0.0946. The molecule has 0 aliphatic carbocycles. The van der Waals surface area contributed by atoms with Gasteiger partial charge in [0.05, 0.1) is 5.39 Å². The van der Waals surface area contributed by atoms with Crippen LogP contribution in [0.5, 0.6) is 0 Å². The second-order valence-corrected chi connectivity index (χ2v) is 4.30. The Morgan fingerprint density at radius 1 is 1.38 bits per heavy atom. The van der Waals surface area contributed by atoms with Crippen LogP contribution in [0.4, 0.5) is 0 Å². The summed E-state index contributed by atoms with van der Waals surface area (Å²) < 4.78 is 7.77. The Hall–Kier alpha value is -1.13. The molecule has 0 radical (unpaired) electrons. The van der Waals surface area contributed by atoms with E-state index < -0.39 is 0 Å². The lowest BCUT2D eigenvalue weighted by molar-refractivity contribution is -0.0294. The molecule has 4 nitrogen and oxygen atoms in total. The van der Waals surface area contributed by atoms with Crippen LogP contribution in [-0.4, -0.2) is 21.1 Å². The molecule has 16 heavy (non-hydrogen) atoms. The van der Waals surface area contributed by atoms with E-state index in [9.17, 15) is 0 Å². The molecule has 0 amide bonds. The highest BCUT2D eigenvalue weighted by Gasteiger charge is 2.18. The maximum atomic E-state index is 6.00. The highest BCUT2D eigenvalue weighted by molar-refractivity contribution is 6.33. The molecule has 0 aromatic carbocycles. The van der Waals surface area contributed by atoms with Crippen LogP contribution >= 0.6 is 11.6 Å². The molecule has 0 spiro atoms. The molecule has 1 aliphatic rings. The fraction of sp³-hybridized carbons (Fsp3) is 0.455. The molecule has 0 saturated carbocycles. The van der Waals surface area contributed by atoms with E-state index in [1.807, 2.05) is 16.8 Å². The zero-order chi connectivity index (χ0) is 11.0. The summed E-state index contributed by atoms with van der Waals surface area (Å²) >= 11 is 6.00. The van der Waals surface area contributed by atoms with Gasteiger partial charge in [-0.3, -0.25) is 0 Å². The zero-order valence-electron chi connectivity index (χ0n) is 8.77. The van der Waals surface area contributed by atoms with Crippen molar-refractivity contribution in [3.63, 3.8) is 0 Å². The van der Waals surface area contributed by atoms with E-state index in [4.69, 9.17) is 16.3 Å². The predicted octanol–water partition coefficient (Wildman–Crippen LogP) is 2.78. The lowest BCUT2D eigenvalue weighted by atomic mass is 10.2. The van der Waals surface area contributed by atoms with E-state index in [2.05, 4.69) is 9.97 Å². The van der Waals surface area contributed by atoms with Crippen LogP contribution in [0.1, 0.15) is 25.5 Å². The van der Waals surface area contributed by atoms with E-state index in [0.29, 0.717) is 5.15 Å². The zero-order valence-corrected chi connectivity index (χ0v) is 9.52. The fourth-order valence-electron chi connectivity index (χ4n) is 2.12. The molecule has 0 bridgehead atoms. The van der Waals surface area contributed by atoms with Gasteiger partial charge in [0.25, 0.3) is 0 Å². The number of ether oxygens (including phenoxy) is 1. The average Bonchev–Trinajstić information content (AvgIpc) is 2.75. The van der Waals surface area contributed by atoms with Gasteiger partial charge in [-0.15, -0.1) is 0 Å². The maximum Gasteiger partial charge on any atom is 0.146 e. The van der Waals surface area contributed by atoms with Gasteiger partial charge in [0.1, 0.15) is 23.4 Å². The maximum absolute atomic E-state index is 6.00. The lowest BCUT2D eigenvalue weighted by Gasteiger charge is -2.24. The Morgan fingerprint density at radius 3 is 3.12 bits per heavy atom. The second-order valence-electron chi connectivity index (χ2n) is 3.95. The molecule has 5 heteroatoms. The Morgan fingerprint density at radius 2 is 2.31 bits per heavy atom. The number of fused-ring (bicyclic) bond motifs is 1. The van der Waals surface area contributed by atoms with E-state index >= 15 is 0 Å². The minimum absolute atomic E-state index is 0.0946. The van der Waals surface area contributed by atoms with Gasteiger partial charge in [0.15, 0.2) is 0 Å². The molecule has 0 N–H and O–H groups in total. The summed E-state index contributed by atoms with van der Waals surface area (Å²) in [4.78, 5) is 8.23. The van der Waals surface area contributed by atoms with Crippen LogP contribution in [0.15, 0.2) is 18.6 Å². The van der Waals surface area contributed by atoms with E-state index in [0.717, 1.165) is 30.5 Å². The van der Waals surface area contributed by atoms with Gasteiger partial charge in [-0.25, -0.2) is 9.97 Å². The van der Waals surface area contributed by atoms with E-state index in [-0.39, 0.29) is 6.23 Å². The standard InChI is InChI=1S/C11H12ClN3O/c12-10-8-4-5-15(11(8)14-7-13-10)9-3-1-2-6-16-9/h4-5,7,9H,1-3,6H2. The summed E-state index contributed by atoms with van der Waals surface area (Å²) in [5.74, 6) is 0. The molecule has 2 aromatic heterocycles. The third kappa shape index (κ3) is 1.58. The van der Waals surface area contributed by atoms with E-state index in [1.165, 1.54) is 12.7 Å². The van der Waals surface area contributed by atoms with Gasteiger partial charge in [0.2, 0.25) is 0 Å². The summed E-state index contributed by atoms with van der Waals surface area (Å²) in [5, 5.41) is 1.39. The van der Waals surface area contributed by atoms with Crippen molar-refractivity contribution in [3.8, 4) is 0 Å². The highest BCUT2D eigenvalue weighted by Crippen LogP contribution is 2.28. The van der Waals surface area contributed by atoms with Crippen molar-refractivity contribution < 1.29 is 4.74 Å². The third-order valence-corrected chi connectivity index (χ3v) is 3.23. The van der Waals surface area contributed by atoms with Crippen molar-refractivity contribution in [2.75, 3.05) is 6.61 Å². The van der Waals surface area contributed by atoms with Gasteiger partial charge in [0, 0.05) is 12.8 Å². The van der Waals surface area contributed by atoms with Crippen molar-refractivity contribution >= 4 is 22.6 Å². The first-order valence-electron chi connectivity index (χ1n) is 5.45. The summed E-state index contributed by atoms with van der Waals surface area (Å²) in [5.41, 5.74) is 0.854. The van der Waals surface area contributed by atoms with Crippen LogP contribution in [0.2, 0.25) is 5.15 Å². The van der Waals surface area contributed by atoms with Crippen molar-refractivity contribution in [3.05, 3.63) is 23.7 Å². The Balaban J connectivity index is 2.06. The summed E-state index contributed by atoms with van der Waals surface area (Å²) in [6, 6.07) is 1.94. The number of rotatable bonds is 1. The van der Waals surface area contributed by atoms with Gasteiger partial charge >= 0.3 is 0 Å². The van der Waals surface area contributed by atoms with Gasteiger partial charge in [-0.1, -0.05) is 11.6 Å². The van der Waals surface area contributed by atoms with Gasteiger partial charge in [-0.2, -0.15) is 0 Å². The van der Waals surface area contributed by atoms with Crippen molar-refractivity contribution in [1.82, 2.24) is 14.5 Å². The monoisotopic (exact) mass is 237 g/mol. The molecular formula is C11H12ClN3O. The number of halogens is 1.